The average Bonchev–Trinajstić information content (AvgIpc) is 2.91. The first kappa shape index (κ1) is 16.3. The zero-order chi connectivity index (χ0) is 15.3. The standard InChI is InChI=1S/C14H16ClNO3S2/c1-2-11-4-3-5-12(10-11)19-9-8-16-21(17,18)14-7-6-13(15)20-14/h3-7,10,16H,2,8-9H2,1H3. The quantitative estimate of drug-likeness (QED) is 0.783. The lowest BCUT2D eigenvalue weighted by Gasteiger charge is -2.08. The van der Waals surface area contributed by atoms with Crippen LogP contribution in [-0.4, -0.2) is 21.6 Å². The Hall–Kier alpha value is -1.08. The summed E-state index contributed by atoms with van der Waals surface area (Å²) in [5, 5.41) is 0. The summed E-state index contributed by atoms with van der Waals surface area (Å²) in [6.07, 6.45) is 0.933. The summed E-state index contributed by atoms with van der Waals surface area (Å²) in [7, 11) is -3.50. The molecule has 0 atom stereocenters. The van der Waals surface area contributed by atoms with Gasteiger partial charge in [0.15, 0.2) is 0 Å². The summed E-state index contributed by atoms with van der Waals surface area (Å²) in [5.41, 5.74) is 1.18. The van der Waals surface area contributed by atoms with Crippen molar-refractivity contribution in [1.82, 2.24) is 4.72 Å². The number of rotatable bonds is 7. The molecule has 0 aliphatic carbocycles. The van der Waals surface area contributed by atoms with E-state index in [9.17, 15) is 8.42 Å². The third kappa shape index (κ3) is 4.71. The van der Waals surface area contributed by atoms with Crippen molar-refractivity contribution < 1.29 is 13.2 Å². The molecule has 1 aromatic heterocycles. The molecule has 0 saturated heterocycles. The summed E-state index contributed by atoms with van der Waals surface area (Å²) in [4.78, 5) is 0. The first-order chi connectivity index (χ1) is 10.0. The topological polar surface area (TPSA) is 55.4 Å². The fourth-order valence-corrected chi connectivity index (χ4v) is 4.25. The van der Waals surface area contributed by atoms with Crippen LogP contribution < -0.4 is 9.46 Å². The highest BCUT2D eigenvalue weighted by Gasteiger charge is 2.15. The van der Waals surface area contributed by atoms with Crippen molar-refractivity contribution >= 4 is 33.0 Å². The molecule has 1 heterocycles. The molecule has 21 heavy (non-hydrogen) atoms. The summed E-state index contributed by atoms with van der Waals surface area (Å²) >= 11 is 6.77. The van der Waals surface area contributed by atoms with E-state index in [0.29, 0.717) is 4.34 Å². The van der Waals surface area contributed by atoms with Gasteiger partial charge in [-0.05, 0) is 36.2 Å². The van der Waals surface area contributed by atoms with Crippen molar-refractivity contribution in [2.24, 2.45) is 0 Å². The fourth-order valence-electron chi connectivity index (χ4n) is 1.71. The summed E-state index contributed by atoms with van der Waals surface area (Å²) in [6, 6.07) is 10.8. The molecule has 0 aliphatic heterocycles. The van der Waals surface area contributed by atoms with Crippen LogP contribution in [0.4, 0.5) is 0 Å². The van der Waals surface area contributed by atoms with Crippen LogP contribution in [0.5, 0.6) is 5.75 Å². The molecular weight excluding hydrogens is 330 g/mol. The number of benzene rings is 1. The second-order valence-corrected chi connectivity index (χ2v) is 8.01. The molecule has 2 aromatic rings. The Morgan fingerprint density at radius 3 is 2.76 bits per heavy atom. The first-order valence-corrected chi connectivity index (χ1v) is 9.16. The number of thiophene rings is 1. The molecule has 2 rings (SSSR count). The van der Waals surface area contributed by atoms with E-state index >= 15 is 0 Å². The first-order valence-electron chi connectivity index (χ1n) is 6.48. The molecule has 4 nitrogen and oxygen atoms in total. The smallest absolute Gasteiger partial charge is 0.250 e. The second kappa shape index (κ2) is 7.26. The van der Waals surface area contributed by atoms with Crippen LogP contribution in [0.2, 0.25) is 4.34 Å². The maximum absolute atomic E-state index is 11.9. The molecular formula is C14H16ClNO3S2. The van der Waals surface area contributed by atoms with Gasteiger partial charge in [-0.3, -0.25) is 0 Å². The Labute approximate surface area is 133 Å². The number of hydrogen-bond donors (Lipinski definition) is 1. The Kier molecular flexibility index (Phi) is 5.64. The number of sulfonamides is 1. The third-order valence-corrected chi connectivity index (χ3v) is 5.97. The normalized spacial score (nSPS) is 11.5. The number of halogens is 1. The van der Waals surface area contributed by atoms with Gasteiger partial charge in [-0.2, -0.15) is 0 Å². The molecule has 1 N–H and O–H groups in total. The molecule has 0 bridgehead atoms. The van der Waals surface area contributed by atoms with Gasteiger partial charge in [-0.15, -0.1) is 11.3 Å². The van der Waals surface area contributed by atoms with E-state index in [1.165, 1.54) is 11.6 Å². The minimum absolute atomic E-state index is 0.203. The highest BCUT2D eigenvalue weighted by atomic mass is 35.5. The van der Waals surface area contributed by atoms with Gasteiger partial charge in [0.05, 0.1) is 4.34 Å². The van der Waals surface area contributed by atoms with E-state index in [2.05, 4.69) is 11.6 Å². The fraction of sp³-hybridized carbons (Fsp3) is 0.286. The molecule has 0 fully saturated rings. The zero-order valence-electron chi connectivity index (χ0n) is 11.5. The third-order valence-electron chi connectivity index (χ3n) is 2.78. The Morgan fingerprint density at radius 1 is 1.29 bits per heavy atom. The van der Waals surface area contributed by atoms with Crippen molar-refractivity contribution in [1.29, 1.82) is 0 Å². The van der Waals surface area contributed by atoms with Crippen LogP contribution in [0.25, 0.3) is 0 Å². The molecule has 0 saturated carbocycles. The summed E-state index contributed by atoms with van der Waals surface area (Å²) in [6.45, 7) is 2.54. The average molecular weight is 346 g/mol. The maximum atomic E-state index is 11.9. The minimum atomic E-state index is -3.50. The van der Waals surface area contributed by atoms with E-state index in [-0.39, 0.29) is 17.4 Å². The van der Waals surface area contributed by atoms with Crippen LogP contribution in [-0.2, 0) is 16.4 Å². The van der Waals surface area contributed by atoms with E-state index in [0.717, 1.165) is 23.5 Å². The van der Waals surface area contributed by atoms with Gasteiger partial charge in [0.25, 0.3) is 0 Å². The van der Waals surface area contributed by atoms with Crippen molar-refractivity contribution in [3.63, 3.8) is 0 Å². The van der Waals surface area contributed by atoms with Crippen molar-refractivity contribution in [3.05, 3.63) is 46.3 Å². The zero-order valence-corrected chi connectivity index (χ0v) is 13.9. The van der Waals surface area contributed by atoms with Crippen molar-refractivity contribution in [2.45, 2.75) is 17.6 Å². The Bertz CT molecular complexity index is 698. The van der Waals surface area contributed by atoms with Gasteiger partial charge >= 0.3 is 0 Å². The summed E-state index contributed by atoms with van der Waals surface area (Å²) in [5.74, 6) is 0.743. The van der Waals surface area contributed by atoms with Crippen LogP contribution >= 0.6 is 22.9 Å². The predicted octanol–water partition coefficient (Wildman–Crippen LogP) is 3.32. The van der Waals surface area contributed by atoms with Crippen LogP contribution in [0.3, 0.4) is 0 Å². The number of aryl methyl sites for hydroxylation is 1. The monoisotopic (exact) mass is 345 g/mol. The van der Waals surface area contributed by atoms with Gasteiger partial charge in [0, 0.05) is 6.54 Å². The van der Waals surface area contributed by atoms with Gasteiger partial charge < -0.3 is 4.74 Å². The molecule has 0 unspecified atom stereocenters. The number of hydrogen-bond acceptors (Lipinski definition) is 4. The minimum Gasteiger partial charge on any atom is -0.492 e. The van der Waals surface area contributed by atoms with Gasteiger partial charge in [-0.1, -0.05) is 30.7 Å². The molecule has 0 aliphatic rings. The van der Waals surface area contributed by atoms with E-state index in [4.69, 9.17) is 16.3 Å². The molecule has 1 aromatic carbocycles. The lowest BCUT2D eigenvalue weighted by atomic mass is 10.2. The second-order valence-electron chi connectivity index (χ2n) is 4.31. The van der Waals surface area contributed by atoms with E-state index in [1.807, 2.05) is 24.3 Å². The Balaban J connectivity index is 1.84. The molecule has 7 heteroatoms. The largest absolute Gasteiger partial charge is 0.492 e. The van der Waals surface area contributed by atoms with Gasteiger partial charge in [0.1, 0.15) is 16.6 Å². The highest BCUT2D eigenvalue weighted by Crippen LogP contribution is 2.25. The maximum Gasteiger partial charge on any atom is 0.250 e. The van der Waals surface area contributed by atoms with Crippen molar-refractivity contribution in [2.75, 3.05) is 13.2 Å². The lowest BCUT2D eigenvalue weighted by molar-refractivity contribution is 0.322. The lowest BCUT2D eigenvalue weighted by Crippen LogP contribution is -2.27. The number of nitrogens with one attached hydrogen (secondary N) is 1. The highest BCUT2D eigenvalue weighted by molar-refractivity contribution is 7.91. The van der Waals surface area contributed by atoms with Gasteiger partial charge in [-0.25, -0.2) is 13.1 Å². The van der Waals surface area contributed by atoms with E-state index < -0.39 is 10.0 Å². The SMILES string of the molecule is CCc1cccc(OCCNS(=O)(=O)c2ccc(Cl)s2)c1. The summed E-state index contributed by atoms with van der Waals surface area (Å²) < 4.78 is 32.6. The van der Waals surface area contributed by atoms with Crippen LogP contribution in [0.15, 0.2) is 40.6 Å². The molecule has 0 amide bonds. The molecule has 114 valence electrons. The van der Waals surface area contributed by atoms with E-state index in [1.54, 1.807) is 6.07 Å². The predicted molar refractivity (Wildman–Crippen MR) is 85.8 cm³/mol. The molecule has 0 radical (unpaired) electrons. The van der Waals surface area contributed by atoms with Gasteiger partial charge in [0.2, 0.25) is 10.0 Å². The number of ether oxygens (including phenoxy) is 1. The van der Waals surface area contributed by atoms with Crippen molar-refractivity contribution in [3.8, 4) is 5.75 Å². The molecule has 0 spiro atoms. The van der Waals surface area contributed by atoms with Crippen LogP contribution in [0.1, 0.15) is 12.5 Å². The Morgan fingerprint density at radius 2 is 2.10 bits per heavy atom. The van der Waals surface area contributed by atoms with Crippen LogP contribution in [0, 0.1) is 0 Å².